The molecule has 1 aromatic carbocycles. The monoisotopic (exact) mass is 250 g/mol. The largest absolute Gasteiger partial charge is 0.339 e. The van der Waals surface area contributed by atoms with Crippen molar-refractivity contribution in [2.45, 2.75) is 27.3 Å². The van der Waals surface area contributed by atoms with E-state index in [1.54, 1.807) is 0 Å². The number of aromatic nitrogens is 2. The summed E-state index contributed by atoms with van der Waals surface area (Å²) in [5.74, 6) is 0. The first kappa shape index (κ1) is 12.0. The van der Waals surface area contributed by atoms with E-state index in [1.165, 1.54) is 33.3 Å². The third kappa shape index (κ3) is 2.03. The van der Waals surface area contributed by atoms with Gasteiger partial charge in [-0.15, -0.1) is 0 Å². The summed E-state index contributed by atoms with van der Waals surface area (Å²) in [5, 5.41) is 1.31. The van der Waals surface area contributed by atoms with Crippen molar-refractivity contribution in [1.82, 2.24) is 9.55 Å². The minimum Gasteiger partial charge on any atom is -0.339 e. The first-order chi connectivity index (χ1) is 9.16. The van der Waals surface area contributed by atoms with Crippen LogP contribution >= 0.6 is 0 Å². The lowest BCUT2D eigenvalue weighted by Crippen LogP contribution is -2.02. The third-order valence-electron chi connectivity index (χ3n) is 3.87. The molecule has 0 spiro atoms. The maximum absolute atomic E-state index is 4.27. The van der Waals surface area contributed by atoms with Gasteiger partial charge in [0.2, 0.25) is 0 Å². The molecule has 3 aromatic rings. The predicted octanol–water partition coefficient (Wildman–Crippen LogP) is 4.01. The Morgan fingerprint density at radius 1 is 1.11 bits per heavy atom. The quantitative estimate of drug-likeness (QED) is 0.672. The van der Waals surface area contributed by atoms with Crippen LogP contribution in [0.15, 0.2) is 42.7 Å². The van der Waals surface area contributed by atoms with Crippen LogP contribution in [0.2, 0.25) is 0 Å². The summed E-state index contributed by atoms with van der Waals surface area (Å²) in [4.78, 5) is 4.27. The molecule has 0 atom stereocenters. The standard InChI is InChI=1S/C17H18N2/c1-12-5-4-6-15(9-12)11-19-14(3)13(2)16-7-8-18-10-17(16)19/h4-10H,11H2,1-3H3. The number of hydrogen-bond acceptors (Lipinski definition) is 1. The molecule has 2 nitrogen and oxygen atoms in total. The van der Waals surface area contributed by atoms with Gasteiger partial charge >= 0.3 is 0 Å². The molecular weight excluding hydrogens is 232 g/mol. The molecule has 0 N–H and O–H groups in total. The zero-order chi connectivity index (χ0) is 13.4. The number of aryl methyl sites for hydroxylation is 2. The minimum absolute atomic E-state index is 0.906. The second kappa shape index (κ2) is 4.54. The van der Waals surface area contributed by atoms with E-state index in [0.29, 0.717) is 0 Å². The molecule has 3 rings (SSSR count). The highest BCUT2D eigenvalue weighted by molar-refractivity contribution is 5.84. The highest BCUT2D eigenvalue weighted by Gasteiger charge is 2.10. The first-order valence-corrected chi connectivity index (χ1v) is 6.62. The second-order valence-corrected chi connectivity index (χ2v) is 5.18. The molecule has 0 unspecified atom stereocenters. The fourth-order valence-corrected chi connectivity index (χ4v) is 2.69. The smallest absolute Gasteiger partial charge is 0.0674 e. The van der Waals surface area contributed by atoms with E-state index in [4.69, 9.17) is 0 Å². The summed E-state index contributed by atoms with van der Waals surface area (Å²) in [7, 11) is 0. The summed E-state index contributed by atoms with van der Waals surface area (Å²) in [6.07, 6.45) is 3.83. The van der Waals surface area contributed by atoms with Crippen LogP contribution in [0.25, 0.3) is 10.9 Å². The van der Waals surface area contributed by atoms with Gasteiger partial charge in [0.25, 0.3) is 0 Å². The van der Waals surface area contributed by atoms with Crippen molar-refractivity contribution in [1.29, 1.82) is 0 Å². The summed E-state index contributed by atoms with van der Waals surface area (Å²) in [5.41, 5.74) is 6.54. The summed E-state index contributed by atoms with van der Waals surface area (Å²) < 4.78 is 2.35. The Bertz CT molecular complexity index is 738. The fourth-order valence-electron chi connectivity index (χ4n) is 2.69. The van der Waals surface area contributed by atoms with E-state index in [9.17, 15) is 0 Å². The van der Waals surface area contributed by atoms with Crippen LogP contribution in [0.5, 0.6) is 0 Å². The van der Waals surface area contributed by atoms with Gasteiger partial charge in [0.1, 0.15) is 0 Å². The molecule has 96 valence electrons. The van der Waals surface area contributed by atoms with Gasteiger partial charge in [-0.2, -0.15) is 0 Å². The fraction of sp³-hybridized carbons (Fsp3) is 0.235. The molecule has 2 heteroatoms. The van der Waals surface area contributed by atoms with Crippen molar-refractivity contribution in [2.24, 2.45) is 0 Å². The first-order valence-electron chi connectivity index (χ1n) is 6.62. The van der Waals surface area contributed by atoms with Crippen LogP contribution in [0.1, 0.15) is 22.4 Å². The number of rotatable bonds is 2. The topological polar surface area (TPSA) is 17.8 Å². The molecule has 0 amide bonds. The van der Waals surface area contributed by atoms with E-state index in [0.717, 1.165) is 6.54 Å². The van der Waals surface area contributed by atoms with Crippen molar-refractivity contribution in [3.63, 3.8) is 0 Å². The van der Waals surface area contributed by atoms with Gasteiger partial charge in [0.15, 0.2) is 0 Å². The Balaban J connectivity index is 2.13. The van der Waals surface area contributed by atoms with Crippen LogP contribution in [0.3, 0.4) is 0 Å². The van der Waals surface area contributed by atoms with Crippen molar-refractivity contribution in [2.75, 3.05) is 0 Å². The molecule has 0 fully saturated rings. The van der Waals surface area contributed by atoms with Crippen molar-refractivity contribution >= 4 is 10.9 Å². The Kier molecular flexibility index (Phi) is 2.86. The molecular formula is C17H18N2. The Hall–Kier alpha value is -2.09. The molecule has 0 bridgehead atoms. The highest BCUT2D eigenvalue weighted by atomic mass is 15.0. The second-order valence-electron chi connectivity index (χ2n) is 5.18. The van der Waals surface area contributed by atoms with Crippen LogP contribution in [0.4, 0.5) is 0 Å². The summed E-state index contributed by atoms with van der Waals surface area (Å²) in [6.45, 7) is 7.41. The summed E-state index contributed by atoms with van der Waals surface area (Å²) in [6, 6.07) is 10.8. The Labute approximate surface area is 113 Å². The van der Waals surface area contributed by atoms with Gasteiger partial charge in [-0.05, 0) is 38.0 Å². The Morgan fingerprint density at radius 2 is 1.95 bits per heavy atom. The van der Waals surface area contributed by atoms with Gasteiger partial charge in [0.05, 0.1) is 11.7 Å². The number of nitrogens with zero attached hydrogens (tertiary/aromatic N) is 2. The van der Waals surface area contributed by atoms with Gasteiger partial charge < -0.3 is 4.57 Å². The van der Waals surface area contributed by atoms with Gasteiger partial charge in [-0.1, -0.05) is 29.8 Å². The predicted molar refractivity (Wildman–Crippen MR) is 79.5 cm³/mol. The lowest BCUT2D eigenvalue weighted by molar-refractivity contribution is 0.798. The third-order valence-corrected chi connectivity index (χ3v) is 3.87. The lowest BCUT2D eigenvalue weighted by Gasteiger charge is -2.09. The van der Waals surface area contributed by atoms with Crippen LogP contribution in [0, 0.1) is 20.8 Å². The van der Waals surface area contributed by atoms with Crippen LogP contribution in [-0.4, -0.2) is 9.55 Å². The minimum atomic E-state index is 0.906. The van der Waals surface area contributed by atoms with E-state index in [-0.39, 0.29) is 0 Å². The molecule has 2 aromatic heterocycles. The maximum Gasteiger partial charge on any atom is 0.0674 e. The lowest BCUT2D eigenvalue weighted by atomic mass is 10.1. The molecule has 0 saturated heterocycles. The highest BCUT2D eigenvalue weighted by Crippen LogP contribution is 2.25. The maximum atomic E-state index is 4.27. The molecule has 2 heterocycles. The number of pyridine rings is 1. The number of hydrogen-bond donors (Lipinski definition) is 0. The van der Waals surface area contributed by atoms with E-state index in [2.05, 4.69) is 60.7 Å². The molecule has 0 aliphatic rings. The zero-order valence-electron chi connectivity index (χ0n) is 11.6. The van der Waals surface area contributed by atoms with Gasteiger partial charge in [-0.3, -0.25) is 4.98 Å². The van der Waals surface area contributed by atoms with Crippen LogP contribution in [-0.2, 0) is 6.54 Å². The van der Waals surface area contributed by atoms with Crippen molar-refractivity contribution < 1.29 is 0 Å². The molecule has 19 heavy (non-hydrogen) atoms. The zero-order valence-corrected chi connectivity index (χ0v) is 11.6. The van der Waals surface area contributed by atoms with Crippen LogP contribution < -0.4 is 0 Å². The van der Waals surface area contributed by atoms with E-state index >= 15 is 0 Å². The van der Waals surface area contributed by atoms with E-state index in [1.807, 2.05) is 12.4 Å². The van der Waals surface area contributed by atoms with E-state index < -0.39 is 0 Å². The van der Waals surface area contributed by atoms with Gasteiger partial charge in [-0.25, -0.2) is 0 Å². The average molecular weight is 250 g/mol. The number of benzene rings is 1. The average Bonchev–Trinajstić information content (AvgIpc) is 2.65. The summed E-state index contributed by atoms with van der Waals surface area (Å²) >= 11 is 0. The van der Waals surface area contributed by atoms with Crippen molar-refractivity contribution in [3.8, 4) is 0 Å². The van der Waals surface area contributed by atoms with Crippen molar-refractivity contribution in [3.05, 3.63) is 65.1 Å². The number of fused-ring (bicyclic) bond motifs is 1. The normalized spacial score (nSPS) is 11.1. The SMILES string of the molecule is Cc1cccc(Cn2c(C)c(C)c3ccncc32)c1. The molecule has 0 aliphatic heterocycles. The van der Waals surface area contributed by atoms with Gasteiger partial charge in [0, 0.05) is 23.8 Å². The molecule has 0 saturated carbocycles. The molecule has 0 radical (unpaired) electrons. The Morgan fingerprint density at radius 3 is 2.74 bits per heavy atom. The molecule has 0 aliphatic carbocycles.